The fraction of sp³-hybridized carbons (Fsp3) is 0.190. The van der Waals surface area contributed by atoms with Crippen LogP contribution in [-0.4, -0.2) is 27.5 Å². The highest BCUT2D eigenvalue weighted by molar-refractivity contribution is 5.90. The molecule has 4 rings (SSSR count). The molecular formula is C21H18O7. The van der Waals surface area contributed by atoms with E-state index in [9.17, 15) is 25.2 Å². The normalized spacial score (nSPS) is 15.1. The number of hydrogen-bond acceptors (Lipinski definition) is 7. The van der Waals surface area contributed by atoms with Crippen LogP contribution in [0, 0.1) is 0 Å². The molecule has 144 valence electrons. The summed E-state index contributed by atoms with van der Waals surface area (Å²) in [4.78, 5) is 13.1. The second-order valence-corrected chi connectivity index (χ2v) is 6.92. The summed E-state index contributed by atoms with van der Waals surface area (Å²) < 4.78 is 11.0. The smallest absolute Gasteiger partial charge is 0.200 e. The molecule has 1 aromatic heterocycles. The summed E-state index contributed by atoms with van der Waals surface area (Å²) in [5.41, 5.74) is 0.923. The highest BCUT2D eigenvalue weighted by Gasteiger charge is 2.36. The van der Waals surface area contributed by atoms with E-state index >= 15 is 0 Å². The highest BCUT2D eigenvalue weighted by Crippen LogP contribution is 2.53. The Kier molecular flexibility index (Phi) is 3.78. The maximum absolute atomic E-state index is 13.1. The molecule has 7 heteroatoms. The number of allylic oxidation sites excluding steroid dienone is 1. The predicted octanol–water partition coefficient (Wildman–Crippen LogP) is 3.51. The Hall–Kier alpha value is -3.61. The Bertz CT molecular complexity index is 1220. The van der Waals surface area contributed by atoms with Crippen LogP contribution in [0.15, 0.2) is 39.6 Å². The molecular weight excluding hydrogens is 364 g/mol. The first-order chi connectivity index (χ1) is 13.2. The number of hydrogen-bond donors (Lipinski definition) is 4. The predicted molar refractivity (Wildman–Crippen MR) is 102 cm³/mol. The van der Waals surface area contributed by atoms with E-state index in [2.05, 4.69) is 6.58 Å². The van der Waals surface area contributed by atoms with Crippen LogP contribution in [0.25, 0.3) is 22.3 Å². The van der Waals surface area contributed by atoms with Crippen molar-refractivity contribution in [2.45, 2.75) is 19.3 Å². The largest absolute Gasteiger partial charge is 0.508 e. The van der Waals surface area contributed by atoms with Crippen LogP contribution in [0.1, 0.15) is 24.0 Å². The average molecular weight is 382 g/mol. The van der Waals surface area contributed by atoms with E-state index in [1.807, 2.05) is 0 Å². The number of benzene rings is 2. The SMILES string of the molecule is C=C(C)C1Cc2c(oc3cc(O)cc(O)c3c2=O)-c2c(O)cc(OC)c(O)c21. The number of phenolic OH excluding ortho intramolecular Hbond substituents is 4. The maximum Gasteiger partial charge on any atom is 0.200 e. The number of fused-ring (bicyclic) bond motifs is 4. The molecule has 28 heavy (non-hydrogen) atoms. The van der Waals surface area contributed by atoms with E-state index in [0.717, 1.165) is 6.07 Å². The molecule has 1 unspecified atom stereocenters. The molecule has 0 spiro atoms. The van der Waals surface area contributed by atoms with Gasteiger partial charge in [-0.15, -0.1) is 0 Å². The quantitative estimate of drug-likeness (QED) is 0.395. The zero-order valence-corrected chi connectivity index (χ0v) is 15.2. The van der Waals surface area contributed by atoms with E-state index < -0.39 is 17.1 Å². The number of phenols is 4. The second-order valence-electron chi connectivity index (χ2n) is 6.92. The summed E-state index contributed by atoms with van der Waals surface area (Å²) in [6.45, 7) is 5.71. The fourth-order valence-electron chi connectivity index (χ4n) is 3.82. The first-order valence-electron chi connectivity index (χ1n) is 8.54. The van der Waals surface area contributed by atoms with Crippen molar-refractivity contribution >= 4 is 11.0 Å². The molecule has 1 heterocycles. The van der Waals surface area contributed by atoms with Crippen molar-refractivity contribution in [1.29, 1.82) is 0 Å². The van der Waals surface area contributed by atoms with Crippen LogP contribution in [0.5, 0.6) is 28.7 Å². The third-order valence-electron chi connectivity index (χ3n) is 5.13. The van der Waals surface area contributed by atoms with Gasteiger partial charge in [0.15, 0.2) is 16.9 Å². The fourth-order valence-corrected chi connectivity index (χ4v) is 3.82. The first-order valence-corrected chi connectivity index (χ1v) is 8.54. The van der Waals surface area contributed by atoms with Gasteiger partial charge < -0.3 is 29.6 Å². The summed E-state index contributed by atoms with van der Waals surface area (Å²) in [6, 6.07) is 3.51. The Labute approximate surface area is 159 Å². The highest BCUT2D eigenvalue weighted by atomic mass is 16.5. The van der Waals surface area contributed by atoms with Gasteiger partial charge in [-0.25, -0.2) is 0 Å². The van der Waals surface area contributed by atoms with Crippen LogP contribution < -0.4 is 10.2 Å². The Morgan fingerprint density at radius 3 is 2.54 bits per heavy atom. The van der Waals surface area contributed by atoms with Gasteiger partial charge in [0.25, 0.3) is 0 Å². The van der Waals surface area contributed by atoms with Crippen LogP contribution in [0.4, 0.5) is 0 Å². The lowest BCUT2D eigenvalue weighted by Gasteiger charge is -2.29. The van der Waals surface area contributed by atoms with E-state index in [1.165, 1.54) is 19.2 Å². The van der Waals surface area contributed by atoms with Crippen molar-refractivity contribution in [1.82, 2.24) is 0 Å². The minimum Gasteiger partial charge on any atom is -0.508 e. The standard InChI is InChI=1S/C21H18O7/c1-8(2)10-6-11-19(25)17-12(23)4-9(22)5-14(17)28-21(11)18-13(24)7-15(27-3)20(26)16(10)18/h4-5,7,10,22-24,26H,1,6H2,2-3H3. The van der Waals surface area contributed by atoms with Crippen LogP contribution in [-0.2, 0) is 6.42 Å². The molecule has 2 aromatic carbocycles. The van der Waals surface area contributed by atoms with Crippen molar-refractivity contribution in [3.05, 3.63) is 51.7 Å². The summed E-state index contributed by atoms with van der Waals surface area (Å²) >= 11 is 0. The van der Waals surface area contributed by atoms with Gasteiger partial charge in [-0.1, -0.05) is 12.2 Å². The van der Waals surface area contributed by atoms with Crippen molar-refractivity contribution in [3.8, 4) is 40.1 Å². The lowest BCUT2D eigenvalue weighted by Crippen LogP contribution is -2.20. The van der Waals surface area contributed by atoms with Crippen molar-refractivity contribution in [3.63, 3.8) is 0 Å². The van der Waals surface area contributed by atoms with Gasteiger partial charge in [-0.05, 0) is 13.3 Å². The van der Waals surface area contributed by atoms with Gasteiger partial charge in [-0.3, -0.25) is 4.79 Å². The van der Waals surface area contributed by atoms with Crippen molar-refractivity contribution in [2.75, 3.05) is 7.11 Å². The molecule has 4 N–H and O–H groups in total. The van der Waals surface area contributed by atoms with Crippen LogP contribution in [0.3, 0.4) is 0 Å². The third-order valence-corrected chi connectivity index (χ3v) is 5.13. The number of rotatable bonds is 2. The Morgan fingerprint density at radius 2 is 1.89 bits per heavy atom. The summed E-state index contributed by atoms with van der Waals surface area (Å²) in [6.07, 6.45) is 0.163. The van der Waals surface area contributed by atoms with Crippen LogP contribution in [0.2, 0.25) is 0 Å². The molecule has 1 aliphatic rings. The van der Waals surface area contributed by atoms with Gasteiger partial charge in [0, 0.05) is 35.2 Å². The van der Waals surface area contributed by atoms with E-state index in [-0.39, 0.29) is 57.3 Å². The lowest BCUT2D eigenvalue weighted by molar-refractivity contribution is 0.363. The van der Waals surface area contributed by atoms with Crippen LogP contribution >= 0.6 is 0 Å². The Balaban J connectivity index is 2.18. The molecule has 0 saturated carbocycles. The maximum atomic E-state index is 13.1. The molecule has 1 aliphatic carbocycles. The third kappa shape index (κ3) is 2.32. The second kappa shape index (κ2) is 5.95. The molecule has 7 nitrogen and oxygen atoms in total. The minimum atomic E-state index is -0.472. The zero-order chi connectivity index (χ0) is 20.3. The van der Waals surface area contributed by atoms with E-state index in [0.29, 0.717) is 11.1 Å². The molecule has 0 fully saturated rings. The van der Waals surface area contributed by atoms with Gasteiger partial charge in [0.2, 0.25) is 0 Å². The number of methoxy groups -OCH3 is 1. The van der Waals surface area contributed by atoms with Gasteiger partial charge in [0.1, 0.15) is 34.0 Å². The molecule has 3 aromatic rings. The topological polar surface area (TPSA) is 120 Å². The summed E-state index contributed by atoms with van der Waals surface area (Å²) in [5.74, 6) is -1.38. The van der Waals surface area contributed by atoms with Gasteiger partial charge in [0.05, 0.1) is 12.7 Å². The number of ether oxygens (including phenoxy) is 1. The summed E-state index contributed by atoms with van der Waals surface area (Å²) in [5, 5.41) is 41.1. The zero-order valence-electron chi connectivity index (χ0n) is 15.2. The Morgan fingerprint density at radius 1 is 1.18 bits per heavy atom. The minimum absolute atomic E-state index is 0.0318. The monoisotopic (exact) mass is 382 g/mol. The van der Waals surface area contributed by atoms with Crippen molar-refractivity contribution in [2.24, 2.45) is 0 Å². The van der Waals surface area contributed by atoms with Crippen molar-refractivity contribution < 1.29 is 29.6 Å². The molecule has 1 atom stereocenters. The van der Waals surface area contributed by atoms with Gasteiger partial charge in [-0.2, -0.15) is 0 Å². The first kappa shape index (κ1) is 17.8. The molecule has 0 saturated heterocycles. The van der Waals surface area contributed by atoms with E-state index in [1.54, 1.807) is 6.92 Å². The van der Waals surface area contributed by atoms with E-state index in [4.69, 9.17) is 9.15 Å². The molecule has 0 amide bonds. The molecule has 0 radical (unpaired) electrons. The molecule has 0 aliphatic heterocycles. The molecule has 0 bridgehead atoms. The summed E-state index contributed by atoms with van der Waals surface area (Å²) in [7, 11) is 1.37. The van der Waals surface area contributed by atoms with Gasteiger partial charge >= 0.3 is 0 Å². The average Bonchev–Trinajstić information content (AvgIpc) is 2.62. The number of aromatic hydroxyl groups is 4. The lowest BCUT2D eigenvalue weighted by atomic mass is 9.77.